The van der Waals surface area contributed by atoms with Gasteiger partial charge in [-0.25, -0.2) is 18.2 Å². The number of hydrogen-bond acceptors (Lipinski definition) is 8. The van der Waals surface area contributed by atoms with Gasteiger partial charge in [-0.2, -0.15) is 9.97 Å². The lowest BCUT2D eigenvalue weighted by Crippen LogP contribution is -2.60. The second-order valence-corrected chi connectivity index (χ2v) is 15.5. The molecule has 2 aromatic carbocycles. The van der Waals surface area contributed by atoms with E-state index >= 15 is 8.78 Å². The molecule has 7 heterocycles. The van der Waals surface area contributed by atoms with E-state index in [0.29, 0.717) is 41.0 Å². The number of benzene rings is 2. The molecular formula is C39H39F3N6O2. The highest BCUT2D eigenvalue weighted by atomic mass is 19.1. The topological polar surface area (TPSA) is 86.6 Å². The summed E-state index contributed by atoms with van der Waals surface area (Å²) in [6, 6.07) is 6.66. The van der Waals surface area contributed by atoms with Gasteiger partial charge in [0.05, 0.1) is 16.6 Å². The van der Waals surface area contributed by atoms with Crippen LogP contribution in [0.4, 0.5) is 19.0 Å². The molecule has 4 saturated heterocycles. The van der Waals surface area contributed by atoms with E-state index in [1.54, 1.807) is 6.07 Å². The van der Waals surface area contributed by atoms with Crippen LogP contribution in [0.2, 0.25) is 0 Å². The van der Waals surface area contributed by atoms with Crippen LogP contribution in [0.15, 0.2) is 24.3 Å². The number of aromatic nitrogens is 3. The molecule has 10 rings (SSSR count). The summed E-state index contributed by atoms with van der Waals surface area (Å²) >= 11 is 0. The van der Waals surface area contributed by atoms with E-state index in [4.69, 9.17) is 26.1 Å². The largest absolute Gasteiger partial charge is 0.508 e. The number of terminal acetylenes is 1. The van der Waals surface area contributed by atoms with Crippen LogP contribution >= 0.6 is 0 Å². The van der Waals surface area contributed by atoms with E-state index in [-0.39, 0.29) is 71.0 Å². The number of nitrogens with zero attached hydrogens (tertiary/aromatic N) is 5. The molecule has 1 aliphatic carbocycles. The molecule has 0 spiro atoms. The van der Waals surface area contributed by atoms with Crippen LogP contribution in [0, 0.1) is 29.9 Å². The van der Waals surface area contributed by atoms with Gasteiger partial charge in [0.1, 0.15) is 41.4 Å². The van der Waals surface area contributed by atoms with Crippen molar-refractivity contribution in [3.8, 4) is 35.4 Å². The van der Waals surface area contributed by atoms with Crippen LogP contribution in [0.5, 0.6) is 11.8 Å². The van der Waals surface area contributed by atoms with Gasteiger partial charge < -0.3 is 20.1 Å². The lowest BCUT2D eigenvalue weighted by molar-refractivity contribution is 0.107. The van der Waals surface area contributed by atoms with Crippen LogP contribution in [0.3, 0.4) is 0 Å². The van der Waals surface area contributed by atoms with Crippen molar-refractivity contribution in [1.82, 2.24) is 25.2 Å². The van der Waals surface area contributed by atoms with Gasteiger partial charge in [-0.3, -0.25) is 4.90 Å². The van der Waals surface area contributed by atoms with Crippen LogP contribution in [0.1, 0.15) is 68.5 Å². The first kappa shape index (κ1) is 30.7. The van der Waals surface area contributed by atoms with Crippen LogP contribution in [-0.4, -0.2) is 81.0 Å². The van der Waals surface area contributed by atoms with Gasteiger partial charge in [0, 0.05) is 61.1 Å². The lowest BCUT2D eigenvalue weighted by Gasteiger charge is -2.44. The Labute approximate surface area is 288 Å². The Hall–Kier alpha value is -4.14. The summed E-state index contributed by atoms with van der Waals surface area (Å²) in [5, 5.41) is 16.3. The number of ether oxygens (including phenoxy) is 1. The quantitative estimate of drug-likeness (QED) is 0.243. The van der Waals surface area contributed by atoms with Gasteiger partial charge in [-0.15, -0.1) is 12.3 Å². The SMILES string of the molecule is C#CCc1c(F)ccc2cc(O)cc(-c3nc4c5c(nc(OC[C@@]67CCCN6C[C@H](F)C7)nc5c3F)N3C[C@H]5CC[C@H](N5)[C@@H]3[C@H]3CCC[C@@H]43)c12. The first-order chi connectivity index (χ1) is 24.3. The number of pyridine rings is 1. The number of halogens is 3. The molecule has 1 saturated carbocycles. The first-order valence-corrected chi connectivity index (χ1v) is 18.2. The maximum absolute atomic E-state index is 17.5. The molecule has 8 nitrogen and oxygen atoms in total. The van der Waals surface area contributed by atoms with Crippen molar-refractivity contribution in [1.29, 1.82) is 0 Å². The Morgan fingerprint density at radius 3 is 2.84 bits per heavy atom. The average molecular weight is 681 g/mol. The van der Waals surface area contributed by atoms with Gasteiger partial charge in [-0.05, 0) is 80.0 Å². The monoisotopic (exact) mass is 680 g/mol. The van der Waals surface area contributed by atoms with Gasteiger partial charge in [0.2, 0.25) is 0 Å². The zero-order valence-corrected chi connectivity index (χ0v) is 27.8. The summed E-state index contributed by atoms with van der Waals surface area (Å²) in [6.07, 6.45) is 12.1. The highest BCUT2D eigenvalue weighted by molar-refractivity contribution is 6.03. The third kappa shape index (κ3) is 4.43. The fraction of sp³-hybridized carbons (Fsp3) is 0.513. The van der Waals surface area contributed by atoms with Gasteiger partial charge in [-0.1, -0.05) is 12.5 Å². The molecular weight excluding hydrogens is 641 g/mol. The predicted molar refractivity (Wildman–Crippen MR) is 184 cm³/mol. The highest BCUT2D eigenvalue weighted by Gasteiger charge is 2.52. The van der Waals surface area contributed by atoms with Crippen molar-refractivity contribution >= 4 is 27.5 Å². The number of rotatable bonds is 5. The fourth-order valence-electron chi connectivity index (χ4n) is 10.8. The standard InChI is InChI=1S/C39H39F3N6O2/c1-2-5-26-28(41)10-8-20-14-23(49)15-27(30(20)26)34-32(42)35-31-33(44-34)24-6-3-7-25(24)36-29-11-9-22(43-29)18-48(36)37(31)46-38(45-35)50-19-39-12-4-13-47(39)17-21(40)16-39/h1,8,10,14-15,21-22,24-25,29,36,43,49H,3-7,9,11-13,16-19H2/t21-,22-,24-,25+,29+,36+,39+/m1/s1. The number of phenolic OH excluding ortho intramolecular Hbond substituents is 1. The van der Waals surface area contributed by atoms with E-state index in [2.05, 4.69) is 21.0 Å². The number of nitrogens with one attached hydrogen (secondary N) is 1. The van der Waals surface area contributed by atoms with Crippen molar-refractivity contribution in [2.75, 3.05) is 31.1 Å². The second-order valence-electron chi connectivity index (χ2n) is 15.5. The maximum Gasteiger partial charge on any atom is 0.319 e. The highest BCUT2D eigenvalue weighted by Crippen LogP contribution is 2.53. The Bertz CT molecular complexity index is 2120. The third-order valence-corrected chi connectivity index (χ3v) is 12.8. The minimum atomic E-state index is -0.910. The molecule has 2 bridgehead atoms. The average Bonchev–Trinajstić information content (AvgIpc) is 3.88. The smallest absolute Gasteiger partial charge is 0.319 e. The fourth-order valence-corrected chi connectivity index (χ4v) is 10.8. The van der Waals surface area contributed by atoms with Crippen LogP contribution in [0.25, 0.3) is 32.9 Å². The molecule has 50 heavy (non-hydrogen) atoms. The summed E-state index contributed by atoms with van der Waals surface area (Å²) in [5.74, 6) is 2.22. The number of anilines is 1. The molecule has 258 valence electrons. The number of phenols is 1. The third-order valence-electron chi connectivity index (χ3n) is 12.8. The maximum atomic E-state index is 17.5. The second kappa shape index (κ2) is 11.2. The molecule has 6 aliphatic rings. The minimum Gasteiger partial charge on any atom is -0.508 e. The van der Waals surface area contributed by atoms with Crippen molar-refractivity contribution in [3.63, 3.8) is 0 Å². The summed E-state index contributed by atoms with van der Waals surface area (Å²) in [7, 11) is 0. The molecule has 5 aliphatic heterocycles. The zero-order chi connectivity index (χ0) is 33.9. The predicted octanol–water partition coefficient (Wildman–Crippen LogP) is 6.17. The normalized spacial score (nSPS) is 31.1. The summed E-state index contributed by atoms with van der Waals surface area (Å²) in [5.41, 5.74) is 0.930. The Kier molecular flexibility index (Phi) is 6.86. The first-order valence-electron chi connectivity index (χ1n) is 18.2. The van der Waals surface area contributed by atoms with Gasteiger partial charge >= 0.3 is 6.01 Å². The Morgan fingerprint density at radius 2 is 1.96 bits per heavy atom. The Balaban J connectivity index is 1.22. The van der Waals surface area contributed by atoms with E-state index < -0.39 is 23.3 Å². The van der Waals surface area contributed by atoms with Crippen molar-refractivity contribution in [2.24, 2.45) is 5.92 Å². The molecule has 0 radical (unpaired) electrons. The number of aromatic hydroxyl groups is 1. The molecule has 2 N–H and O–H groups in total. The summed E-state index contributed by atoms with van der Waals surface area (Å²) in [4.78, 5) is 19.6. The van der Waals surface area contributed by atoms with Gasteiger partial charge in [0.25, 0.3) is 0 Å². The number of piperazine rings is 1. The van der Waals surface area contributed by atoms with Crippen molar-refractivity contribution < 1.29 is 23.0 Å². The molecule has 0 amide bonds. The van der Waals surface area contributed by atoms with Gasteiger partial charge in [0.15, 0.2) is 5.82 Å². The van der Waals surface area contributed by atoms with Crippen LogP contribution in [-0.2, 0) is 6.42 Å². The lowest BCUT2D eigenvalue weighted by atomic mass is 9.82. The summed E-state index contributed by atoms with van der Waals surface area (Å²) in [6.45, 7) is 2.19. The number of fused-ring (bicyclic) bond motifs is 10. The van der Waals surface area contributed by atoms with E-state index in [9.17, 15) is 9.50 Å². The molecule has 4 aromatic rings. The number of hydrogen-bond donors (Lipinski definition) is 2. The zero-order valence-electron chi connectivity index (χ0n) is 27.8. The molecule has 2 aromatic heterocycles. The van der Waals surface area contributed by atoms with E-state index in [1.165, 1.54) is 18.2 Å². The van der Waals surface area contributed by atoms with Crippen molar-refractivity contribution in [3.05, 3.63) is 47.2 Å². The molecule has 0 unspecified atom stereocenters. The molecule has 5 fully saturated rings. The Morgan fingerprint density at radius 1 is 1.06 bits per heavy atom. The van der Waals surface area contributed by atoms with E-state index in [0.717, 1.165) is 63.7 Å². The minimum absolute atomic E-state index is 0.00494. The molecule has 11 heteroatoms. The van der Waals surface area contributed by atoms with Crippen molar-refractivity contribution in [2.45, 2.75) is 93.5 Å². The van der Waals surface area contributed by atoms with Crippen LogP contribution < -0.4 is 15.0 Å². The van der Waals surface area contributed by atoms with E-state index in [1.807, 2.05) is 0 Å². The number of alkyl halides is 1. The summed E-state index contributed by atoms with van der Waals surface area (Å²) < 4.78 is 54.0. The molecule has 7 atom stereocenters.